The van der Waals surface area contributed by atoms with Crippen molar-refractivity contribution in [3.63, 3.8) is 0 Å². The molecule has 0 aliphatic heterocycles. The van der Waals surface area contributed by atoms with E-state index in [0.717, 1.165) is 29.5 Å². The van der Waals surface area contributed by atoms with Crippen LogP contribution in [-0.4, -0.2) is 35.2 Å². The molecule has 0 aliphatic rings. The number of aryl methyl sites for hydroxylation is 1. The fraction of sp³-hybridized carbons (Fsp3) is 0.250. The van der Waals surface area contributed by atoms with Crippen LogP contribution >= 0.6 is 11.8 Å². The molecule has 2 N–H and O–H groups in total. The van der Waals surface area contributed by atoms with E-state index in [2.05, 4.69) is 24.9 Å². The van der Waals surface area contributed by atoms with Crippen molar-refractivity contribution in [2.45, 2.75) is 18.1 Å². The second kappa shape index (κ2) is 5.83. The molecule has 0 bridgehead atoms. The number of nitrogens with two attached hydrogens (primary N) is 1. The number of hydrogen-bond donors (Lipinski definition) is 1. The zero-order valence-electron chi connectivity index (χ0n) is 10.7. The van der Waals surface area contributed by atoms with Gasteiger partial charge in [0.2, 0.25) is 0 Å². The summed E-state index contributed by atoms with van der Waals surface area (Å²) in [5.41, 5.74) is 7.19. The predicted molar refractivity (Wildman–Crippen MR) is 77.1 cm³/mol. The Labute approximate surface area is 119 Å². The lowest BCUT2D eigenvalue weighted by molar-refractivity contribution is 0.695. The van der Waals surface area contributed by atoms with Gasteiger partial charge in [0, 0.05) is 24.7 Å². The number of imidazole rings is 1. The van der Waals surface area contributed by atoms with Crippen molar-refractivity contribution in [3.05, 3.63) is 31.1 Å². The minimum absolute atomic E-state index is 0.417. The molecule has 3 rings (SSSR count). The van der Waals surface area contributed by atoms with E-state index in [0.29, 0.717) is 11.3 Å². The Morgan fingerprint density at radius 3 is 2.80 bits per heavy atom. The van der Waals surface area contributed by atoms with E-state index in [-0.39, 0.29) is 0 Å². The van der Waals surface area contributed by atoms with Gasteiger partial charge in [0.25, 0.3) is 0 Å². The van der Waals surface area contributed by atoms with Crippen molar-refractivity contribution < 1.29 is 0 Å². The second-order valence-corrected chi connectivity index (χ2v) is 5.16. The molecule has 8 heteroatoms. The van der Waals surface area contributed by atoms with E-state index in [1.807, 2.05) is 10.6 Å². The van der Waals surface area contributed by atoms with Crippen LogP contribution in [0.3, 0.4) is 0 Å². The molecule has 3 aromatic rings. The topological polar surface area (TPSA) is 95.4 Å². The second-order valence-electron chi connectivity index (χ2n) is 4.10. The van der Waals surface area contributed by atoms with Gasteiger partial charge in [0.15, 0.2) is 16.6 Å². The molecule has 20 heavy (non-hydrogen) atoms. The largest absolute Gasteiger partial charge is 0.382 e. The summed E-state index contributed by atoms with van der Waals surface area (Å²) in [5.74, 6) is 1.35. The smallest absolute Gasteiger partial charge is 0.187 e. The van der Waals surface area contributed by atoms with E-state index >= 15 is 0 Å². The van der Waals surface area contributed by atoms with Crippen LogP contribution in [0.1, 0.15) is 6.42 Å². The van der Waals surface area contributed by atoms with E-state index < -0.39 is 0 Å². The van der Waals surface area contributed by atoms with E-state index in [9.17, 15) is 0 Å². The third-order valence-corrected chi connectivity index (χ3v) is 3.71. The summed E-state index contributed by atoms with van der Waals surface area (Å²) >= 11 is 1.64. The average Bonchev–Trinajstić information content (AvgIpc) is 2.90. The zero-order valence-corrected chi connectivity index (χ0v) is 11.5. The molecule has 3 aromatic heterocycles. The molecule has 0 saturated carbocycles. The van der Waals surface area contributed by atoms with Gasteiger partial charge in [0.1, 0.15) is 11.8 Å². The van der Waals surface area contributed by atoms with Crippen molar-refractivity contribution in [3.8, 4) is 0 Å². The van der Waals surface area contributed by atoms with Gasteiger partial charge in [-0.05, 0) is 12.5 Å². The maximum atomic E-state index is 5.75. The Bertz CT molecular complexity index is 697. The maximum Gasteiger partial charge on any atom is 0.187 e. The lowest BCUT2D eigenvalue weighted by Gasteiger charge is -2.03. The minimum atomic E-state index is 0.417. The molecule has 0 amide bonds. The number of nitrogen functional groups attached to an aromatic ring is 1. The standard InChI is InChI=1S/C12H13N7S/c13-10-9-11(17-7-16-10)19(8-18-9)5-2-6-20-12-14-3-1-4-15-12/h1,3-4,7-8H,2,5-6H2,(H2,13,16,17). The molecule has 0 aromatic carbocycles. The first kappa shape index (κ1) is 12.8. The lowest BCUT2D eigenvalue weighted by Crippen LogP contribution is -2.00. The average molecular weight is 287 g/mol. The van der Waals surface area contributed by atoms with E-state index in [1.165, 1.54) is 6.33 Å². The minimum Gasteiger partial charge on any atom is -0.382 e. The number of rotatable bonds is 5. The third-order valence-electron chi connectivity index (χ3n) is 2.75. The van der Waals surface area contributed by atoms with Crippen LogP contribution in [0.5, 0.6) is 0 Å². The third kappa shape index (κ3) is 2.69. The molecular weight excluding hydrogens is 274 g/mol. The fourth-order valence-electron chi connectivity index (χ4n) is 1.82. The summed E-state index contributed by atoms with van der Waals surface area (Å²) in [6, 6.07) is 1.81. The lowest BCUT2D eigenvalue weighted by atomic mass is 10.4. The monoisotopic (exact) mass is 287 g/mol. The molecule has 0 radical (unpaired) electrons. The number of hydrogen-bond acceptors (Lipinski definition) is 7. The predicted octanol–water partition coefficient (Wildman–Crippen LogP) is 1.38. The van der Waals surface area contributed by atoms with Crippen LogP contribution in [0.2, 0.25) is 0 Å². The summed E-state index contributed by atoms with van der Waals surface area (Å²) in [6.07, 6.45) is 7.68. The highest BCUT2D eigenvalue weighted by Crippen LogP contribution is 2.16. The number of anilines is 1. The van der Waals surface area contributed by atoms with Gasteiger partial charge < -0.3 is 10.3 Å². The van der Waals surface area contributed by atoms with Crippen LogP contribution in [0.4, 0.5) is 5.82 Å². The Morgan fingerprint density at radius 2 is 1.95 bits per heavy atom. The zero-order chi connectivity index (χ0) is 13.8. The Kier molecular flexibility index (Phi) is 3.73. The highest BCUT2D eigenvalue weighted by atomic mass is 32.2. The molecule has 0 spiro atoms. The highest BCUT2D eigenvalue weighted by molar-refractivity contribution is 7.99. The summed E-state index contributed by atoms with van der Waals surface area (Å²) in [5, 5.41) is 0.801. The Morgan fingerprint density at radius 1 is 1.10 bits per heavy atom. The van der Waals surface area contributed by atoms with Crippen LogP contribution in [0.25, 0.3) is 11.2 Å². The summed E-state index contributed by atoms with van der Waals surface area (Å²) in [7, 11) is 0. The van der Waals surface area contributed by atoms with Crippen LogP contribution in [0.15, 0.2) is 36.3 Å². The fourth-order valence-corrected chi connectivity index (χ4v) is 2.55. The van der Waals surface area contributed by atoms with Crippen molar-refractivity contribution in [1.82, 2.24) is 29.5 Å². The maximum absolute atomic E-state index is 5.75. The van der Waals surface area contributed by atoms with Gasteiger partial charge in [-0.1, -0.05) is 11.8 Å². The summed E-state index contributed by atoms with van der Waals surface area (Å²) < 4.78 is 1.99. The van der Waals surface area contributed by atoms with Crippen LogP contribution in [-0.2, 0) is 6.54 Å². The van der Waals surface area contributed by atoms with E-state index in [4.69, 9.17) is 5.73 Å². The van der Waals surface area contributed by atoms with Crippen LogP contribution < -0.4 is 5.73 Å². The van der Waals surface area contributed by atoms with E-state index in [1.54, 1.807) is 30.5 Å². The van der Waals surface area contributed by atoms with Gasteiger partial charge in [-0.15, -0.1) is 0 Å². The molecule has 7 nitrogen and oxygen atoms in total. The number of aromatic nitrogens is 6. The molecular formula is C12H13N7S. The summed E-state index contributed by atoms with van der Waals surface area (Å²) in [4.78, 5) is 20.7. The highest BCUT2D eigenvalue weighted by Gasteiger charge is 2.07. The van der Waals surface area contributed by atoms with Crippen molar-refractivity contribution in [2.24, 2.45) is 0 Å². The number of fused-ring (bicyclic) bond motifs is 1. The first-order valence-corrected chi connectivity index (χ1v) is 7.14. The first-order chi connectivity index (χ1) is 9.84. The first-order valence-electron chi connectivity index (χ1n) is 6.16. The molecule has 0 unspecified atom stereocenters. The van der Waals surface area contributed by atoms with Crippen LogP contribution in [0, 0.1) is 0 Å². The summed E-state index contributed by atoms with van der Waals surface area (Å²) in [6.45, 7) is 0.826. The van der Waals surface area contributed by atoms with Gasteiger partial charge in [-0.25, -0.2) is 24.9 Å². The number of thioether (sulfide) groups is 1. The van der Waals surface area contributed by atoms with Gasteiger partial charge in [-0.3, -0.25) is 0 Å². The Balaban J connectivity index is 1.59. The van der Waals surface area contributed by atoms with Crippen molar-refractivity contribution >= 4 is 28.7 Å². The van der Waals surface area contributed by atoms with Crippen molar-refractivity contribution in [1.29, 1.82) is 0 Å². The van der Waals surface area contributed by atoms with Crippen molar-refractivity contribution in [2.75, 3.05) is 11.5 Å². The normalized spacial score (nSPS) is 11.0. The molecule has 0 aliphatic carbocycles. The number of nitrogens with zero attached hydrogens (tertiary/aromatic N) is 6. The SMILES string of the molecule is Nc1ncnc2c1ncn2CCCSc1ncccn1. The molecule has 3 heterocycles. The molecule has 0 atom stereocenters. The van der Waals surface area contributed by atoms with Gasteiger partial charge in [-0.2, -0.15) is 0 Å². The molecule has 0 fully saturated rings. The molecule has 102 valence electrons. The quantitative estimate of drug-likeness (QED) is 0.430. The Hall–Kier alpha value is -2.22. The van der Waals surface area contributed by atoms with Gasteiger partial charge >= 0.3 is 0 Å². The molecule has 0 saturated heterocycles. The van der Waals surface area contributed by atoms with Gasteiger partial charge in [0.05, 0.1) is 6.33 Å².